The maximum absolute atomic E-state index is 12.0. The first-order valence-corrected chi connectivity index (χ1v) is 9.63. The van der Waals surface area contributed by atoms with Crippen molar-refractivity contribution in [2.24, 2.45) is 0 Å². The van der Waals surface area contributed by atoms with Gasteiger partial charge in [-0.3, -0.25) is 4.90 Å². The maximum Gasteiger partial charge on any atom is 0.276 e. The molecule has 2 rings (SSSR count). The summed E-state index contributed by atoms with van der Waals surface area (Å²) in [7, 11) is -3.45. The Morgan fingerprint density at radius 3 is 2.43 bits per heavy atom. The lowest BCUT2D eigenvalue weighted by Gasteiger charge is -2.35. The molecule has 1 fully saturated rings. The molecule has 2 N–H and O–H groups in total. The summed E-state index contributed by atoms with van der Waals surface area (Å²) >= 11 is 0. The molecular formula is C16H27N3O3S. The van der Waals surface area contributed by atoms with Crippen LogP contribution < -0.4 is 9.44 Å². The molecule has 1 atom stereocenters. The topological polar surface area (TPSA) is 70.7 Å². The monoisotopic (exact) mass is 341 g/mol. The first-order chi connectivity index (χ1) is 11.0. The van der Waals surface area contributed by atoms with E-state index in [1.165, 1.54) is 5.56 Å². The minimum atomic E-state index is -3.45. The van der Waals surface area contributed by atoms with Crippen LogP contribution in [0.1, 0.15) is 30.5 Å². The largest absolute Gasteiger partial charge is 0.379 e. The van der Waals surface area contributed by atoms with Gasteiger partial charge in [-0.15, -0.1) is 0 Å². The molecule has 0 bridgehead atoms. The van der Waals surface area contributed by atoms with Crippen LogP contribution in [0.25, 0.3) is 0 Å². The van der Waals surface area contributed by atoms with Crippen molar-refractivity contribution in [2.75, 3.05) is 39.4 Å². The average molecular weight is 341 g/mol. The lowest BCUT2D eigenvalue weighted by molar-refractivity contribution is 0.0172. The first-order valence-electron chi connectivity index (χ1n) is 8.14. The standard InChI is InChI=1S/C16H27N3O3S/c1-3-8-17-23(20,21)18-13-16(19-9-11-22-12-10-19)15-6-4-14(2)5-7-15/h4-7,16-18H,3,8-13H2,1-2H3. The van der Waals surface area contributed by atoms with Gasteiger partial charge in [-0.05, 0) is 18.9 Å². The van der Waals surface area contributed by atoms with Crippen molar-refractivity contribution in [1.29, 1.82) is 0 Å². The number of ether oxygens (including phenoxy) is 1. The predicted molar refractivity (Wildman–Crippen MR) is 91.5 cm³/mol. The van der Waals surface area contributed by atoms with Gasteiger partial charge in [0.15, 0.2) is 0 Å². The fourth-order valence-corrected chi connectivity index (χ4v) is 3.56. The molecule has 1 aromatic carbocycles. The van der Waals surface area contributed by atoms with Gasteiger partial charge in [-0.25, -0.2) is 9.44 Å². The highest BCUT2D eigenvalue weighted by Gasteiger charge is 2.24. The van der Waals surface area contributed by atoms with Crippen LogP contribution in [-0.4, -0.2) is 52.7 Å². The summed E-state index contributed by atoms with van der Waals surface area (Å²) in [5, 5.41) is 0. The molecule has 1 aromatic rings. The van der Waals surface area contributed by atoms with E-state index < -0.39 is 10.2 Å². The molecule has 0 amide bonds. The predicted octanol–water partition coefficient (Wildman–Crippen LogP) is 1.20. The van der Waals surface area contributed by atoms with Crippen LogP contribution in [0.2, 0.25) is 0 Å². The summed E-state index contributed by atoms with van der Waals surface area (Å²) in [6, 6.07) is 8.28. The Morgan fingerprint density at radius 2 is 1.83 bits per heavy atom. The van der Waals surface area contributed by atoms with E-state index in [1.807, 2.05) is 13.8 Å². The van der Waals surface area contributed by atoms with Crippen LogP contribution in [0, 0.1) is 6.92 Å². The van der Waals surface area contributed by atoms with E-state index in [0.717, 1.165) is 25.1 Å². The second-order valence-electron chi connectivity index (χ2n) is 5.82. The normalized spacial score (nSPS) is 18.0. The van der Waals surface area contributed by atoms with Gasteiger partial charge in [0.2, 0.25) is 0 Å². The molecular weight excluding hydrogens is 314 g/mol. The molecule has 1 aliphatic heterocycles. The fourth-order valence-electron chi connectivity index (χ4n) is 2.61. The summed E-state index contributed by atoms with van der Waals surface area (Å²) in [5.74, 6) is 0. The number of hydrogen-bond donors (Lipinski definition) is 2. The van der Waals surface area contributed by atoms with Gasteiger partial charge < -0.3 is 4.74 Å². The van der Waals surface area contributed by atoms with Gasteiger partial charge in [0.05, 0.1) is 13.2 Å². The Kier molecular flexibility index (Phi) is 6.98. The molecule has 0 aromatic heterocycles. The van der Waals surface area contributed by atoms with Crippen molar-refractivity contribution >= 4 is 10.2 Å². The molecule has 1 saturated heterocycles. The van der Waals surface area contributed by atoms with Crippen LogP contribution in [0.15, 0.2) is 24.3 Å². The second-order valence-corrected chi connectivity index (χ2v) is 7.41. The van der Waals surface area contributed by atoms with E-state index in [9.17, 15) is 8.42 Å². The third kappa shape index (κ3) is 5.86. The summed E-state index contributed by atoms with van der Waals surface area (Å²) in [6.45, 7) is 7.76. The van der Waals surface area contributed by atoms with Crippen molar-refractivity contribution in [1.82, 2.24) is 14.3 Å². The second kappa shape index (κ2) is 8.75. The number of rotatable bonds is 8. The molecule has 0 spiro atoms. The molecule has 1 heterocycles. The van der Waals surface area contributed by atoms with Crippen LogP contribution >= 0.6 is 0 Å². The van der Waals surface area contributed by atoms with Crippen LogP contribution in [0.4, 0.5) is 0 Å². The molecule has 1 unspecified atom stereocenters. The molecule has 6 nitrogen and oxygen atoms in total. The van der Waals surface area contributed by atoms with Crippen LogP contribution in [-0.2, 0) is 14.9 Å². The molecule has 0 saturated carbocycles. The Hall–Kier alpha value is -0.990. The SMILES string of the molecule is CCCNS(=O)(=O)NCC(c1ccc(C)cc1)N1CCOCC1. The van der Waals surface area contributed by atoms with Crippen molar-refractivity contribution in [3.8, 4) is 0 Å². The van der Waals surface area contributed by atoms with Gasteiger partial charge in [-0.2, -0.15) is 8.42 Å². The lowest BCUT2D eigenvalue weighted by atomic mass is 10.0. The Balaban J connectivity index is 2.08. The number of nitrogens with zero attached hydrogens (tertiary/aromatic N) is 1. The number of aryl methyl sites for hydroxylation is 1. The highest BCUT2D eigenvalue weighted by molar-refractivity contribution is 7.87. The van der Waals surface area contributed by atoms with Gasteiger partial charge in [-0.1, -0.05) is 36.8 Å². The zero-order valence-electron chi connectivity index (χ0n) is 13.9. The average Bonchev–Trinajstić information content (AvgIpc) is 2.56. The number of hydrogen-bond acceptors (Lipinski definition) is 4. The molecule has 23 heavy (non-hydrogen) atoms. The third-order valence-electron chi connectivity index (χ3n) is 3.96. The summed E-state index contributed by atoms with van der Waals surface area (Å²) < 4.78 is 34.6. The van der Waals surface area contributed by atoms with E-state index in [1.54, 1.807) is 0 Å². The number of benzene rings is 1. The number of nitrogens with one attached hydrogen (secondary N) is 2. The van der Waals surface area contributed by atoms with E-state index in [0.29, 0.717) is 26.3 Å². The van der Waals surface area contributed by atoms with Crippen molar-refractivity contribution in [3.05, 3.63) is 35.4 Å². The van der Waals surface area contributed by atoms with Crippen molar-refractivity contribution < 1.29 is 13.2 Å². The maximum atomic E-state index is 12.0. The van der Waals surface area contributed by atoms with Crippen LogP contribution in [0.5, 0.6) is 0 Å². The molecule has 0 aliphatic carbocycles. The highest BCUT2D eigenvalue weighted by atomic mass is 32.2. The molecule has 7 heteroatoms. The van der Waals surface area contributed by atoms with Crippen molar-refractivity contribution in [2.45, 2.75) is 26.3 Å². The minimum Gasteiger partial charge on any atom is -0.379 e. The first kappa shape index (κ1) is 18.4. The zero-order valence-corrected chi connectivity index (χ0v) is 14.7. The van der Waals surface area contributed by atoms with Gasteiger partial charge in [0.1, 0.15) is 0 Å². The summed E-state index contributed by atoms with van der Waals surface area (Å²) in [5.41, 5.74) is 2.32. The zero-order chi connectivity index (χ0) is 16.7. The number of morpholine rings is 1. The summed E-state index contributed by atoms with van der Waals surface area (Å²) in [4.78, 5) is 2.27. The van der Waals surface area contributed by atoms with Gasteiger partial charge in [0, 0.05) is 32.2 Å². The van der Waals surface area contributed by atoms with E-state index >= 15 is 0 Å². The van der Waals surface area contributed by atoms with Crippen LogP contribution in [0.3, 0.4) is 0 Å². The Bertz CT molecular complexity index is 569. The van der Waals surface area contributed by atoms with Crippen molar-refractivity contribution in [3.63, 3.8) is 0 Å². The molecule has 1 aliphatic rings. The summed E-state index contributed by atoms with van der Waals surface area (Å²) in [6.07, 6.45) is 0.770. The minimum absolute atomic E-state index is 0.0118. The molecule has 0 radical (unpaired) electrons. The van der Waals surface area contributed by atoms with E-state index in [-0.39, 0.29) is 6.04 Å². The Morgan fingerprint density at radius 1 is 1.17 bits per heavy atom. The Labute approximate surface area is 139 Å². The highest BCUT2D eigenvalue weighted by Crippen LogP contribution is 2.22. The molecule has 130 valence electrons. The van der Waals surface area contributed by atoms with Gasteiger partial charge in [0.25, 0.3) is 10.2 Å². The quantitative estimate of drug-likeness (QED) is 0.745. The van der Waals surface area contributed by atoms with E-state index in [4.69, 9.17) is 4.74 Å². The smallest absolute Gasteiger partial charge is 0.276 e. The third-order valence-corrected chi connectivity index (χ3v) is 5.09. The fraction of sp³-hybridized carbons (Fsp3) is 0.625. The van der Waals surface area contributed by atoms with E-state index in [2.05, 4.69) is 38.6 Å². The van der Waals surface area contributed by atoms with Gasteiger partial charge >= 0.3 is 0 Å². The lowest BCUT2D eigenvalue weighted by Crippen LogP contribution is -2.46.